The molecule has 1 atom stereocenters. The number of allylic oxidation sites excluding steroid dienone is 1. The van der Waals surface area contributed by atoms with Crippen molar-refractivity contribution in [2.24, 2.45) is 0 Å². The number of hydrogen-bond acceptors (Lipinski definition) is 5. The summed E-state index contributed by atoms with van der Waals surface area (Å²) in [5.74, 6) is 0.555. The Bertz CT molecular complexity index is 1300. The number of urea groups is 1. The lowest BCUT2D eigenvalue weighted by Crippen LogP contribution is -2.45. The van der Waals surface area contributed by atoms with E-state index in [9.17, 15) is 9.59 Å². The summed E-state index contributed by atoms with van der Waals surface area (Å²) < 4.78 is 17.2. The second-order valence-electron chi connectivity index (χ2n) is 8.76. The summed E-state index contributed by atoms with van der Waals surface area (Å²) in [6, 6.07) is 19.9. The van der Waals surface area contributed by atoms with Crippen molar-refractivity contribution in [3.63, 3.8) is 0 Å². The molecule has 3 aromatic carbocycles. The van der Waals surface area contributed by atoms with Crippen molar-refractivity contribution >= 4 is 12.0 Å². The summed E-state index contributed by atoms with van der Waals surface area (Å²) >= 11 is 0. The third-order valence-electron chi connectivity index (χ3n) is 6.11. The first-order chi connectivity index (χ1) is 17.4. The molecule has 7 nitrogen and oxygen atoms in total. The predicted molar refractivity (Wildman–Crippen MR) is 137 cm³/mol. The van der Waals surface area contributed by atoms with Crippen molar-refractivity contribution in [1.82, 2.24) is 10.6 Å². The third kappa shape index (κ3) is 5.68. The topological polar surface area (TPSA) is 85.9 Å². The molecule has 0 saturated carbocycles. The number of hydrogen-bond donors (Lipinski definition) is 2. The monoisotopic (exact) mass is 486 g/mol. The van der Waals surface area contributed by atoms with Gasteiger partial charge in [0.05, 0.1) is 18.7 Å². The Hall–Kier alpha value is -4.26. The van der Waals surface area contributed by atoms with E-state index in [1.165, 1.54) is 0 Å². The maximum atomic E-state index is 13.1. The van der Waals surface area contributed by atoms with E-state index < -0.39 is 18.0 Å². The molecule has 0 bridgehead atoms. The number of amides is 2. The number of aryl methyl sites for hydroxylation is 2. The van der Waals surface area contributed by atoms with E-state index in [-0.39, 0.29) is 6.61 Å². The molecule has 1 aliphatic rings. The van der Waals surface area contributed by atoms with Gasteiger partial charge in [-0.2, -0.15) is 0 Å². The third-order valence-corrected chi connectivity index (χ3v) is 6.11. The van der Waals surface area contributed by atoms with Gasteiger partial charge in [-0.1, -0.05) is 60.2 Å². The molecule has 2 amide bonds. The normalized spacial score (nSPS) is 15.1. The number of methoxy groups -OCH3 is 1. The van der Waals surface area contributed by atoms with Gasteiger partial charge >= 0.3 is 12.0 Å². The molecule has 2 N–H and O–H groups in total. The van der Waals surface area contributed by atoms with Crippen LogP contribution in [0.1, 0.15) is 40.8 Å². The minimum absolute atomic E-state index is 0.131. The second kappa shape index (κ2) is 11.0. The quantitative estimate of drug-likeness (QED) is 0.424. The maximum absolute atomic E-state index is 13.1. The van der Waals surface area contributed by atoms with Crippen LogP contribution in [0.4, 0.5) is 4.79 Å². The van der Waals surface area contributed by atoms with Gasteiger partial charge in [0.2, 0.25) is 0 Å². The molecule has 0 radical (unpaired) electrons. The lowest BCUT2D eigenvalue weighted by Gasteiger charge is -2.28. The van der Waals surface area contributed by atoms with Gasteiger partial charge in [0.15, 0.2) is 11.5 Å². The Balaban J connectivity index is 1.56. The van der Waals surface area contributed by atoms with E-state index in [0.717, 1.165) is 22.3 Å². The predicted octanol–water partition coefficient (Wildman–Crippen LogP) is 5.26. The number of carbonyl (C=O) groups excluding carboxylic acids is 2. The zero-order valence-electron chi connectivity index (χ0n) is 20.9. The number of esters is 1. The van der Waals surface area contributed by atoms with Crippen LogP contribution in [0.5, 0.6) is 11.5 Å². The smallest absolute Gasteiger partial charge is 0.338 e. The van der Waals surface area contributed by atoms with Gasteiger partial charge in [0.1, 0.15) is 13.2 Å². The summed E-state index contributed by atoms with van der Waals surface area (Å²) in [5, 5.41) is 5.50. The molecular weight excluding hydrogens is 456 g/mol. The van der Waals surface area contributed by atoms with Gasteiger partial charge in [-0.15, -0.1) is 0 Å². The number of ether oxygens (including phenoxy) is 3. The van der Waals surface area contributed by atoms with Gasteiger partial charge in [0.25, 0.3) is 0 Å². The highest BCUT2D eigenvalue weighted by Gasteiger charge is 2.32. The summed E-state index contributed by atoms with van der Waals surface area (Å²) in [6.07, 6.45) is 0. The molecule has 0 aliphatic carbocycles. The summed E-state index contributed by atoms with van der Waals surface area (Å²) in [5.41, 5.74) is 5.72. The largest absolute Gasteiger partial charge is 0.493 e. The molecule has 1 aliphatic heterocycles. The van der Waals surface area contributed by atoms with E-state index in [4.69, 9.17) is 14.2 Å². The molecule has 0 fully saturated rings. The number of benzene rings is 3. The Morgan fingerprint density at radius 2 is 1.69 bits per heavy atom. The maximum Gasteiger partial charge on any atom is 0.338 e. The van der Waals surface area contributed by atoms with E-state index >= 15 is 0 Å². The fourth-order valence-electron chi connectivity index (χ4n) is 4.11. The standard InChI is InChI=1S/C29H30N2O5/c1-18-10-11-19(2)23(14-18)17-35-24-13-12-22(15-25(24)34-4)27-26(20(3)30-29(33)31-27)28(32)36-16-21-8-6-5-7-9-21/h5-15,27H,16-17H2,1-4H3,(H2,30,31,33). The van der Waals surface area contributed by atoms with Gasteiger partial charge in [0, 0.05) is 5.70 Å². The van der Waals surface area contributed by atoms with Crippen molar-refractivity contribution < 1.29 is 23.8 Å². The Morgan fingerprint density at radius 3 is 2.44 bits per heavy atom. The van der Waals surface area contributed by atoms with Crippen molar-refractivity contribution in [2.45, 2.75) is 40.0 Å². The first-order valence-corrected chi connectivity index (χ1v) is 11.7. The zero-order valence-corrected chi connectivity index (χ0v) is 20.9. The van der Waals surface area contributed by atoms with Crippen LogP contribution < -0.4 is 20.1 Å². The lowest BCUT2D eigenvalue weighted by molar-refractivity contribution is -0.140. The minimum Gasteiger partial charge on any atom is -0.493 e. The molecule has 1 heterocycles. The number of nitrogens with one attached hydrogen (secondary N) is 2. The molecule has 3 aromatic rings. The summed E-state index contributed by atoms with van der Waals surface area (Å²) in [4.78, 5) is 25.4. The van der Waals surface area contributed by atoms with Crippen LogP contribution in [-0.4, -0.2) is 19.1 Å². The van der Waals surface area contributed by atoms with Crippen LogP contribution in [0.15, 0.2) is 78.0 Å². The van der Waals surface area contributed by atoms with Crippen LogP contribution in [0.2, 0.25) is 0 Å². The summed E-state index contributed by atoms with van der Waals surface area (Å²) in [6.45, 7) is 6.30. The second-order valence-corrected chi connectivity index (χ2v) is 8.76. The van der Waals surface area contributed by atoms with Gasteiger partial charge in [-0.05, 0) is 55.2 Å². The molecule has 0 aromatic heterocycles. The van der Waals surface area contributed by atoms with Crippen LogP contribution in [0.3, 0.4) is 0 Å². The molecule has 1 unspecified atom stereocenters. The zero-order chi connectivity index (χ0) is 25.7. The van der Waals surface area contributed by atoms with Crippen LogP contribution in [-0.2, 0) is 22.7 Å². The molecule has 0 spiro atoms. The SMILES string of the molecule is COc1cc(C2NC(=O)NC(C)=C2C(=O)OCc2ccccc2)ccc1OCc1cc(C)ccc1C. The Kier molecular flexibility index (Phi) is 7.59. The van der Waals surface area contributed by atoms with E-state index in [0.29, 0.717) is 34.9 Å². The molecule has 4 rings (SSSR count). The van der Waals surface area contributed by atoms with Crippen LogP contribution >= 0.6 is 0 Å². The van der Waals surface area contributed by atoms with Gasteiger partial charge in [-0.3, -0.25) is 0 Å². The molecular formula is C29H30N2O5. The molecule has 7 heteroatoms. The highest BCUT2D eigenvalue weighted by molar-refractivity contribution is 5.95. The van der Waals surface area contributed by atoms with Gasteiger partial charge < -0.3 is 24.8 Å². The van der Waals surface area contributed by atoms with E-state index in [1.54, 1.807) is 26.2 Å². The summed E-state index contributed by atoms with van der Waals surface area (Å²) in [7, 11) is 1.56. The molecule has 36 heavy (non-hydrogen) atoms. The molecule has 0 saturated heterocycles. The number of carbonyl (C=O) groups is 2. The fraction of sp³-hybridized carbons (Fsp3) is 0.241. The van der Waals surface area contributed by atoms with Crippen molar-refractivity contribution in [2.75, 3.05) is 7.11 Å². The average Bonchev–Trinajstić information content (AvgIpc) is 2.88. The first kappa shape index (κ1) is 24.9. The number of rotatable bonds is 8. The van der Waals surface area contributed by atoms with Crippen LogP contribution in [0.25, 0.3) is 0 Å². The van der Waals surface area contributed by atoms with Crippen molar-refractivity contribution in [1.29, 1.82) is 0 Å². The highest BCUT2D eigenvalue weighted by atomic mass is 16.5. The fourth-order valence-corrected chi connectivity index (χ4v) is 4.11. The minimum atomic E-state index is -0.705. The Morgan fingerprint density at radius 1 is 0.917 bits per heavy atom. The van der Waals surface area contributed by atoms with E-state index in [2.05, 4.69) is 28.8 Å². The van der Waals surface area contributed by atoms with E-state index in [1.807, 2.05) is 50.2 Å². The average molecular weight is 487 g/mol. The van der Waals surface area contributed by atoms with Crippen molar-refractivity contribution in [3.05, 3.63) is 106 Å². The molecule has 186 valence electrons. The Labute approximate surface area is 211 Å². The lowest BCUT2D eigenvalue weighted by atomic mass is 9.95. The highest BCUT2D eigenvalue weighted by Crippen LogP contribution is 2.35. The first-order valence-electron chi connectivity index (χ1n) is 11.7. The van der Waals surface area contributed by atoms with Gasteiger partial charge in [-0.25, -0.2) is 9.59 Å². The van der Waals surface area contributed by atoms with Crippen LogP contribution in [0, 0.1) is 13.8 Å². The van der Waals surface area contributed by atoms with Crippen molar-refractivity contribution in [3.8, 4) is 11.5 Å².